The number of hydrogen-bond acceptors (Lipinski definition) is 4. The van der Waals surface area contributed by atoms with Gasteiger partial charge in [0.15, 0.2) is 0 Å². The van der Waals surface area contributed by atoms with E-state index in [4.69, 9.17) is 9.52 Å². The van der Waals surface area contributed by atoms with Crippen molar-refractivity contribution in [1.29, 1.82) is 0 Å². The minimum Gasteiger partial charge on any atom is -0.472 e. The van der Waals surface area contributed by atoms with Gasteiger partial charge in [-0.2, -0.15) is 0 Å². The minimum absolute atomic E-state index is 0.114. The van der Waals surface area contributed by atoms with Crippen LogP contribution in [0.3, 0.4) is 0 Å². The van der Waals surface area contributed by atoms with Gasteiger partial charge in [-0.3, -0.25) is 9.59 Å². The maximum Gasteiger partial charge on any atom is 0.254 e. The summed E-state index contributed by atoms with van der Waals surface area (Å²) in [6, 6.07) is 1.56. The third-order valence-electron chi connectivity index (χ3n) is 2.69. The molecule has 0 aliphatic rings. The lowest BCUT2D eigenvalue weighted by Gasteiger charge is -2.11. The first-order valence-corrected chi connectivity index (χ1v) is 6.31. The van der Waals surface area contributed by atoms with Gasteiger partial charge in [0.2, 0.25) is 5.91 Å². The van der Waals surface area contributed by atoms with Crippen molar-refractivity contribution in [3.63, 3.8) is 0 Å². The maximum absolute atomic E-state index is 11.5. The molecule has 2 amide bonds. The van der Waals surface area contributed by atoms with Gasteiger partial charge in [-0.05, 0) is 18.4 Å². The number of carbonyl (C=O) groups is 2. The third-order valence-corrected chi connectivity index (χ3v) is 2.69. The van der Waals surface area contributed by atoms with E-state index in [0.29, 0.717) is 18.5 Å². The smallest absolute Gasteiger partial charge is 0.254 e. The number of carbonyl (C=O) groups excluding carboxylic acids is 2. The van der Waals surface area contributed by atoms with E-state index in [9.17, 15) is 9.59 Å². The Hall–Kier alpha value is -1.82. The summed E-state index contributed by atoms with van der Waals surface area (Å²) in [5.74, 6) is -0.123. The van der Waals surface area contributed by atoms with Gasteiger partial charge in [-0.15, -0.1) is 0 Å². The fourth-order valence-electron chi connectivity index (χ4n) is 1.48. The summed E-state index contributed by atoms with van der Waals surface area (Å²) in [5, 5.41) is 14.1. The molecule has 19 heavy (non-hydrogen) atoms. The van der Waals surface area contributed by atoms with Crippen LogP contribution in [0.25, 0.3) is 0 Å². The number of aliphatic hydroxyl groups is 1. The second-order valence-corrected chi connectivity index (χ2v) is 4.44. The van der Waals surface area contributed by atoms with Crippen molar-refractivity contribution in [2.45, 2.75) is 19.8 Å². The van der Waals surface area contributed by atoms with E-state index in [1.807, 2.05) is 6.92 Å². The summed E-state index contributed by atoms with van der Waals surface area (Å²) in [7, 11) is 0. The van der Waals surface area contributed by atoms with Crippen LogP contribution in [0.15, 0.2) is 23.0 Å². The molecule has 1 heterocycles. The van der Waals surface area contributed by atoms with Crippen molar-refractivity contribution < 1.29 is 19.1 Å². The molecular formula is C13H20N2O4. The number of amides is 2. The van der Waals surface area contributed by atoms with E-state index in [0.717, 1.165) is 0 Å². The fraction of sp³-hybridized carbons (Fsp3) is 0.538. The topological polar surface area (TPSA) is 91.6 Å². The molecule has 0 spiro atoms. The van der Waals surface area contributed by atoms with Crippen LogP contribution in [0.1, 0.15) is 30.1 Å². The summed E-state index contributed by atoms with van der Waals surface area (Å²) in [4.78, 5) is 23.0. The van der Waals surface area contributed by atoms with E-state index in [-0.39, 0.29) is 37.3 Å². The van der Waals surface area contributed by atoms with Gasteiger partial charge < -0.3 is 20.2 Å². The van der Waals surface area contributed by atoms with Gasteiger partial charge in [0.05, 0.1) is 11.8 Å². The molecular weight excluding hydrogens is 248 g/mol. The van der Waals surface area contributed by atoms with E-state index >= 15 is 0 Å². The molecule has 1 unspecified atom stereocenters. The molecule has 0 fully saturated rings. The van der Waals surface area contributed by atoms with Crippen LogP contribution in [-0.4, -0.2) is 36.6 Å². The predicted octanol–water partition coefficient (Wildman–Crippen LogP) is 0.534. The first-order valence-electron chi connectivity index (χ1n) is 6.31. The van der Waals surface area contributed by atoms with Crippen LogP contribution >= 0.6 is 0 Å². The molecule has 0 radical (unpaired) electrons. The van der Waals surface area contributed by atoms with Crippen LogP contribution < -0.4 is 10.6 Å². The lowest BCUT2D eigenvalue weighted by molar-refractivity contribution is -0.121. The van der Waals surface area contributed by atoms with Crippen LogP contribution in [0.4, 0.5) is 0 Å². The summed E-state index contributed by atoms with van der Waals surface area (Å²) in [6.45, 7) is 2.90. The van der Waals surface area contributed by atoms with Gasteiger partial charge in [-0.25, -0.2) is 0 Å². The largest absolute Gasteiger partial charge is 0.472 e. The maximum atomic E-state index is 11.5. The minimum atomic E-state index is -0.254. The average molecular weight is 268 g/mol. The molecule has 0 aromatic carbocycles. The standard InChI is InChI=1S/C13H20N2O4/c1-10(3-6-16)8-15-12(17)2-5-14-13(18)11-4-7-19-9-11/h4,7,9-10,16H,2-3,5-6,8H2,1H3,(H,14,18)(H,15,17). The van der Waals surface area contributed by atoms with Crippen molar-refractivity contribution in [2.24, 2.45) is 5.92 Å². The van der Waals surface area contributed by atoms with E-state index in [1.165, 1.54) is 12.5 Å². The van der Waals surface area contributed by atoms with Crippen molar-refractivity contribution >= 4 is 11.8 Å². The lowest BCUT2D eigenvalue weighted by Crippen LogP contribution is -2.32. The highest BCUT2D eigenvalue weighted by atomic mass is 16.3. The Morgan fingerprint density at radius 3 is 2.84 bits per heavy atom. The predicted molar refractivity (Wildman–Crippen MR) is 69.5 cm³/mol. The van der Waals surface area contributed by atoms with Crippen LogP contribution in [0, 0.1) is 5.92 Å². The third kappa shape index (κ3) is 6.05. The first kappa shape index (κ1) is 15.2. The summed E-state index contributed by atoms with van der Waals surface area (Å²) >= 11 is 0. The van der Waals surface area contributed by atoms with Crippen molar-refractivity contribution in [3.8, 4) is 0 Å². The Bertz CT molecular complexity index is 389. The monoisotopic (exact) mass is 268 g/mol. The first-order chi connectivity index (χ1) is 9.13. The molecule has 0 aliphatic carbocycles. The molecule has 106 valence electrons. The molecule has 1 rings (SSSR count). The van der Waals surface area contributed by atoms with Gasteiger partial charge in [0.25, 0.3) is 5.91 Å². The van der Waals surface area contributed by atoms with E-state index in [2.05, 4.69) is 10.6 Å². The molecule has 1 atom stereocenters. The molecule has 0 saturated heterocycles. The van der Waals surface area contributed by atoms with E-state index < -0.39 is 0 Å². The normalized spacial score (nSPS) is 11.9. The molecule has 1 aromatic heterocycles. The van der Waals surface area contributed by atoms with E-state index in [1.54, 1.807) is 6.07 Å². The van der Waals surface area contributed by atoms with Crippen LogP contribution in [-0.2, 0) is 4.79 Å². The number of nitrogens with one attached hydrogen (secondary N) is 2. The Balaban J connectivity index is 2.12. The second-order valence-electron chi connectivity index (χ2n) is 4.44. The van der Waals surface area contributed by atoms with Crippen LogP contribution in [0.5, 0.6) is 0 Å². The molecule has 6 nitrogen and oxygen atoms in total. The number of hydrogen-bond donors (Lipinski definition) is 3. The Kier molecular flexibility index (Phi) is 6.67. The Labute approximate surface area is 112 Å². The van der Waals surface area contributed by atoms with Crippen LogP contribution in [0.2, 0.25) is 0 Å². The molecule has 6 heteroatoms. The molecule has 3 N–H and O–H groups in total. The number of aliphatic hydroxyl groups excluding tert-OH is 1. The molecule has 0 aliphatic heterocycles. The van der Waals surface area contributed by atoms with Crippen molar-refractivity contribution in [1.82, 2.24) is 10.6 Å². The highest BCUT2D eigenvalue weighted by Crippen LogP contribution is 1.99. The van der Waals surface area contributed by atoms with Crippen molar-refractivity contribution in [3.05, 3.63) is 24.2 Å². The lowest BCUT2D eigenvalue weighted by atomic mass is 10.1. The highest BCUT2D eigenvalue weighted by molar-refractivity contribution is 5.93. The Morgan fingerprint density at radius 1 is 1.42 bits per heavy atom. The van der Waals surface area contributed by atoms with Gasteiger partial charge >= 0.3 is 0 Å². The zero-order valence-electron chi connectivity index (χ0n) is 11.0. The summed E-state index contributed by atoms with van der Waals surface area (Å²) in [5.41, 5.74) is 0.442. The highest BCUT2D eigenvalue weighted by Gasteiger charge is 2.08. The molecule has 0 saturated carbocycles. The van der Waals surface area contributed by atoms with Gasteiger partial charge in [0.1, 0.15) is 6.26 Å². The SMILES string of the molecule is CC(CCO)CNC(=O)CCNC(=O)c1ccoc1. The Morgan fingerprint density at radius 2 is 2.21 bits per heavy atom. The zero-order chi connectivity index (χ0) is 14.1. The second kappa shape index (κ2) is 8.31. The average Bonchev–Trinajstić information content (AvgIpc) is 2.90. The quantitative estimate of drug-likeness (QED) is 0.641. The summed E-state index contributed by atoms with van der Waals surface area (Å²) < 4.78 is 4.79. The fourth-order valence-corrected chi connectivity index (χ4v) is 1.48. The van der Waals surface area contributed by atoms with Crippen molar-refractivity contribution in [2.75, 3.05) is 19.7 Å². The number of furan rings is 1. The number of rotatable bonds is 8. The summed E-state index contributed by atoms with van der Waals surface area (Å²) in [6.07, 6.45) is 3.67. The molecule has 1 aromatic rings. The van der Waals surface area contributed by atoms with Gasteiger partial charge in [-0.1, -0.05) is 6.92 Å². The molecule has 0 bridgehead atoms. The zero-order valence-corrected chi connectivity index (χ0v) is 11.0. The van der Waals surface area contributed by atoms with Gasteiger partial charge in [0, 0.05) is 26.1 Å².